The van der Waals surface area contributed by atoms with Crippen LogP contribution in [0.2, 0.25) is 0 Å². The third kappa shape index (κ3) is 5.11. The van der Waals surface area contributed by atoms with E-state index in [0.29, 0.717) is 17.0 Å². The number of aromatic nitrogens is 2. The van der Waals surface area contributed by atoms with E-state index in [-0.39, 0.29) is 0 Å². The summed E-state index contributed by atoms with van der Waals surface area (Å²) in [5.41, 5.74) is 11.3. The van der Waals surface area contributed by atoms with Gasteiger partial charge in [0.1, 0.15) is 5.52 Å². The van der Waals surface area contributed by atoms with Gasteiger partial charge in [0, 0.05) is 22.1 Å². The molecular formula is C45H27N3O. The second kappa shape index (κ2) is 11.8. The van der Waals surface area contributed by atoms with E-state index in [1.165, 1.54) is 10.8 Å². The van der Waals surface area contributed by atoms with Crippen molar-refractivity contribution in [3.8, 4) is 62.3 Å². The highest BCUT2D eigenvalue weighted by Crippen LogP contribution is 2.41. The number of hydrogen-bond donors (Lipinski definition) is 0. The fourth-order valence-corrected chi connectivity index (χ4v) is 6.73. The Kier molecular flexibility index (Phi) is 6.81. The fourth-order valence-electron chi connectivity index (χ4n) is 6.73. The average molecular weight is 626 g/mol. The lowest BCUT2D eigenvalue weighted by Gasteiger charge is -2.15. The Labute approximate surface area is 283 Å². The number of benzene rings is 7. The largest absolute Gasteiger partial charge is 0.436 e. The van der Waals surface area contributed by atoms with Gasteiger partial charge in [-0.05, 0) is 74.8 Å². The lowest BCUT2D eigenvalue weighted by Crippen LogP contribution is -1.92. The van der Waals surface area contributed by atoms with E-state index < -0.39 is 0 Å². The zero-order chi connectivity index (χ0) is 32.7. The first-order chi connectivity index (χ1) is 24.2. The minimum absolute atomic E-state index is 0.496. The number of nitriles is 1. The van der Waals surface area contributed by atoms with Gasteiger partial charge in [-0.3, -0.25) is 0 Å². The van der Waals surface area contributed by atoms with Crippen LogP contribution in [-0.4, -0.2) is 9.97 Å². The van der Waals surface area contributed by atoms with Crippen LogP contribution < -0.4 is 0 Å². The molecule has 0 unspecified atom stereocenters. The Hall–Kier alpha value is -6.83. The molecule has 0 fully saturated rings. The predicted molar refractivity (Wildman–Crippen MR) is 199 cm³/mol. The summed E-state index contributed by atoms with van der Waals surface area (Å²) < 4.78 is 6.13. The highest BCUT2D eigenvalue weighted by atomic mass is 16.3. The van der Waals surface area contributed by atoms with Gasteiger partial charge in [-0.25, -0.2) is 9.97 Å². The number of pyridine rings is 1. The van der Waals surface area contributed by atoms with Crippen molar-refractivity contribution in [2.75, 3.05) is 0 Å². The summed E-state index contributed by atoms with van der Waals surface area (Å²) in [5, 5.41) is 14.0. The second-order valence-electron chi connectivity index (χ2n) is 12.1. The quantitative estimate of drug-likeness (QED) is 0.191. The third-order valence-corrected chi connectivity index (χ3v) is 9.12. The molecule has 0 aliphatic carbocycles. The zero-order valence-corrected chi connectivity index (χ0v) is 26.3. The van der Waals surface area contributed by atoms with Crippen LogP contribution in [-0.2, 0) is 0 Å². The first-order valence-electron chi connectivity index (χ1n) is 16.2. The van der Waals surface area contributed by atoms with Crippen LogP contribution in [0.5, 0.6) is 0 Å². The number of oxazole rings is 1. The SMILES string of the molecule is N#Cc1cccc(-c2nc3cc(-c4ccc5ccccc5c4-c4ccc(-c5nc(-c6ccccc6)cc6ccccc56)cc4)ccc3o2)c1. The Balaban J connectivity index is 1.16. The van der Waals surface area contributed by atoms with Gasteiger partial charge in [0.05, 0.1) is 23.0 Å². The van der Waals surface area contributed by atoms with Gasteiger partial charge >= 0.3 is 0 Å². The van der Waals surface area contributed by atoms with Gasteiger partial charge in [-0.15, -0.1) is 0 Å². The van der Waals surface area contributed by atoms with Crippen LogP contribution in [0, 0.1) is 11.3 Å². The Morgan fingerprint density at radius 3 is 2.04 bits per heavy atom. The molecular weight excluding hydrogens is 599 g/mol. The van der Waals surface area contributed by atoms with E-state index in [1.54, 1.807) is 12.1 Å². The van der Waals surface area contributed by atoms with Crippen LogP contribution in [0.3, 0.4) is 0 Å². The minimum atomic E-state index is 0.496. The van der Waals surface area contributed by atoms with E-state index in [0.717, 1.165) is 66.6 Å². The minimum Gasteiger partial charge on any atom is -0.436 e. The van der Waals surface area contributed by atoms with Crippen molar-refractivity contribution in [2.24, 2.45) is 0 Å². The molecule has 0 aliphatic heterocycles. The molecule has 4 nitrogen and oxygen atoms in total. The average Bonchev–Trinajstić information content (AvgIpc) is 3.61. The van der Waals surface area contributed by atoms with Gasteiger partial charge in [0.25, 0.3) is 0 Å². The Morgan fingerprint density at radius 2 is 1.20 bits per heavy atom. The molecule has 0 amide bonds. The van der Waals surface area contributed by atoms with E-state index in [9.17, 15) is 5.26 Å². The summed E-state index contributed by atoms with van der Waals surface area (Å²) in [6, 6.07) is 58.4. The topological polar surface area (TPSA) is 62.7 Å². The van der Waals surface area contributed by atoms with Crippen molar-refractivity contribution in [1.29, 1.82) is 5.26 Å². The van der Waals surface area contributed by atoms with Crippen molar-refractivity contribution >= 4 is 32.6 Å². The lowest BCUT2D eigenvalue weighted by molar-refractivity contribution is 0.620. The fraction of sp³-hybridized carbons (Fsp3) is 0. The van der Waals surface area contributed by atoms with E-state index >= 15 is 0 Å². The summed E-state index contributed by atoms with van der Waals surface area (Å²) in [6.45, 7) is 0. The summed E-state index contributed by atoms with van der Waals surface area (Å²) in [6.07, 6.45) is 0. The van der Waals surface area contributed by atoms with Gasteiger partial charge in [-0.1, -0.05) is 127 Å². The third-order valence-electron chi connectivity index (χ3n) is 9.12. The summed E-state index contributed by atoms with van der Waals surface area (Å²) >= 11 is 0. The summed E-state index contributed by atoms with van der Waals surface area (Å²) in [7, 11) is 0. The van der Waals surface area contributed by atoms with Crippen LogP contribution >= 0.6 is 0 Å². The van der Waals surface area contributed by atoms with E-state index in [1.807, 2.05) is 24.3 Å². The predicted octanol–water partition coefficient (Wildman–Crippen LogP) is 11.7. The summed E-state index contributed by atoms with van der Waals surface area (Å²) in [4.78, 5) is 10.0. The highest BCUT2D eigenvalue weighted by molar-refractivity contribution is 6.05. The maximum absolute atomic E-state index is 9.37. The number of hydrogen-bond acceptors (Lipinski definition) is 4. The van der Waals surface area contributed by atoms with Gasteiger partial charge in [-0.2, -0.15) is 5.26 Å². The molecule has 9 aromatic rings. The molecule has 2 aromatic heterocycles. The van der Waals surface area contributed by atoms with Crippen molar-refractivity contribution in [2.45, 2.75) is 0 Å². The number of nitrogens with zero attached hydrogens (tertiary/aromatic N) is 3. The van der Waals surface area contributed by atoms with Gasteiger partial charge < -0.3 is 4.42 Å². The Morgan fingerprint density at radius 1 is 0.490 bits per heavy atom. The molecule has 49 heavy (non-hydrogen) atoms. The molecule has 0 radical (unpaired) electrons. The van der Waals surface area contributed by atoms with E-state index in [2.05, 4.69) is 133 Å². The molecule has 0 N–H and O–H groups in total. The molecule has 0 bridgehead atoms. The molecule has 0 atom stereocenters. The van der Waals surface area contributed by atoms with Crippen LogP contribution in [0.4, 0.5) is 0 Å². The van der Waals surface area contributed by atoms with Crippen LogP contribution in [0.1, 0.15) is 5.56 Å². The second-order valence-corrected chi connectivity index (χ2v) is 12.1. The van der Waals surface area contributed by atoms with Crippen molar-refractivity contribution in [3.63, 3.8) is 0 Å². The van der Waals surface area contributed by atoms with Crippen molar-refractivity contribution in [1.82, 2.24) is 9.97 Å². The van der Waals surface area contributed by atoms with Gasteiger partial charge in [0.2, 0.25) is 5.89 Å². The highest BCUT2D eigenvalue weighted by Gasteiger charge is 2.16. The number of fused-ring (bicyclic) bond motifs is 3. The van der Waals surface area contributed by atoms with Crippen LogP contribution in [0.25, 0.3) is 88.9 Å². The molecule has 0 spiro atoms. The molecule has 2 heterocycles. The molecule has 4 heteroatoms. The zero-order valence-electron chi connectivity index (χ0n) is 26.3. The number of rotatable bonds is 5. The first-order valence-corrected chi connectivity index (χ1v) is 16.2. The molecule has 228 valence electrons. The molecule has 7 aromatic carbocycles. The van der Waals surface area contributed by atoms with Gasteiger partial charge in [0.15, 0.2) is 5.58 Å². The van der Waals surface area contributed by atoms with Crippen molar-refractivity contribution in [3.05, 3.63) is 169 Å². The standard InChI is InChI=1S/C45H27N3O/c46-28-29-9-8-14-36(25-29)45-48-41-27-35(22-24-42(41)49-45)38-23-21-30-10-4-6-15-37(30)43(38)32-17-19-33(20-18-32)44-39-16-7-5-13-34(39)26-40(47-44)31-11-2-1-3-12-31/h1-27H. The van der Waals surface area contributed by atoms with E-state index in [4.69, 9.17) is 14.4 Å². The molecule has 0 aliphatic rings. The van der Waals surface area contributed by atoms with Crippen LogP contribution in [0.15, 0.2) is 168 Å². The molecule has 0 saturated heterocycles. The van der Waals surface area contributed by atoms with Crippen molar-refractivity contribution < 1.29 is 4.42 Å². The Bertz CT molecular complexity index is 2720. The monoisotopic (exact) mass is 625 g/mol. The molecule has 9 rings (SSSR count). The smallest absolute Gasteiger partial charge is 0.227 e. The normalized spacial score (nSPS) is 11.2. The molecule has 0 saturated carbocycles. The summed E-state index contributed by atoms with van der Waals surface area (Å²) in [5.74, 6) is 0.496. The first kappa shape index (κ1) is 28.4. The lowest BCUT2D eigenvalue weighted by atomic mass is 9.89. The maximum Gasteiger partial charge on any atom is 0.227 e. The maximum atomic E-state index is 9.37.